The first-order valence-corrected chi connectivity index (χ1v) is 8.33. The summed E-state index contributed by atoms with van der Waals surface area (Å²) in [6.45, 7) is 0.144. The van der Waals surface area contributed by atoms with E-state index >= 15 is 0 Å². The molecule has 5 nitrogen and oxygen atoms in total. The molecule has 0 radical (unpaired) electrons. The van der Waals surface area contributed by atoms with E-state index in [-0.39, 0.29) is 6.61 Å². The Morgan fingerprint density at radius 1 is 1.26 bits per heavy atom. The molecule has 0 spiro atoms. The molecule has 1 aromatic carbocycles. The number of hydrogen-bond donors (Lipinski definition) is 2. The first kappa shape index (κ1) is 15.8. The Balaban J connectivity index is 1.39. The summed E-state index contributed by atoms with van der Waals surface area (Å²) in [6, 6.07) is 8.46. The van der Waals surface area contributed by atoms with Crippen molar-refractivity contribution in [1.29, 1.82) is 0 Å². The van der Waals surface area contributed by atoms with E-state index in [1.165, 1.54) is 19.3 Å². The zero-order valence-electron chi connectivity index (χ0n) is 13.1. The molecule has 1 amide bonds. The second-order valence-electron chi connectivity index (χ2n) is 6.67. The molecule has 23 heavy (non-hydrogen) atoms. The zero-order valence-corrected chi connectivity index (χ0v) is 13.1. The van der Waals surface area contributed by atoms with Crippen molar-refractivity contribution in [2.24, 2.45) is 17.8 Å². The van der Waals surface area contributed by atoms with Crippen LogP contribution >= 0.6 is 0 Å². The molecule has 1 aromatic rings. The van der Waals surface area contributed by atoms with Gasteiger partial charge in [0.25, 0.3) is 0 Å². The monoisotopic (exact) mass is 317 g/mol. The molecule has 2 aliphatic rings. The van der Waals surface area contributed by atoms with Gasteiger partial charge in [0.15, 0.2) is 0 Å². The third kappa shape index (κ3) is 4.71. The van der Waals surface area contributed by atoms with Crippen LogP contribution in [0.3, 0.4) is 0 Å². The highest BCUT2D eigenvalue weighted by molar-refractivity contribution is 5.79. The molecule has 0 aliphatic heterocycles. The van der Waals surface area contributed by atoms with Crippen LogP contribution in [0, 0.1) is 17.8 Å². The summed E-state index contributed by atoms with van der Waals surface area (Å²) in [4.78, 5) is 23.1. The highest BCUT2D eigenvalue weighted by atomic mass is 16.5. The number of amides is 1. The fourth-order valence-corrected chi connectivity index (χ4v) is 3.25. The summed E-state index contributed by atoms with van der Waals surface area (Å²) in [7, 11) is 0. The minimum absolute atomic E-state index is 0.144. The molecule has 0 saturated heterocycles. The van der Waals surface area contributed by atoms with Gasteiger partial charge in [-0.2, -0.15) is 0 Å². The van der Waals surface area contributed by atoms with Gasteiger partial charge in [0, 0.05) is 0 Å². The Kier molecular flexibility index (Phi) is 4.84. The SMILES string of the molecule is O=C(NC(CC[C@@H]1C[C@H]1C1CC1)C(=O)O)OCc1ccccc1. The Hall–Kier alpha value is -2.04. The maximum atomic E-state index is 11.8. The van der Waals surface area contributed by atoms with Crippen LogP contribution in [0.2, 0.25) is 0 Å². The molecule has 124 valence electrons. The van der Waals surface area contributed by atoms with E-state index in [2.05, 4.69) is 5.32 Å². The highest BCUT2D eigenvalue weighted by Crippen LogP contribution is 2.56. The predicted molar refractivity (Wildman–Crippen MR) is 84.7 cm³/mol. The lowest BCUT2D eigenvalue weighted by atomic mass is 10.1. The van der Waals surface area contributed by atoms with Crippen molar-refractivity contribution in [3.8, 4) is 0 Å². The number of ether oxygens (including phenoxy) is 1. The van der Waals surface area contributed by atoms with Gasteiger partial charge in [-0.3, -0.25) is 0 Å². The van der Waals surface area contributed by atoms with Gasteiger partial charge in [-0.05, 0) is 55.4 Å². The lowest BCUT2D eigenvalue weighted by molar-refractivity contribution is -0.139. The smallest absolute Gasteiger partial charge is 0.408 e. The zero-order chi connectivity index (χ0) is 16.2. The minimum Gasteiger partial charge on any atom is -0.480 e. The van der Waals surface area contributed by atoms with Gasteiger partial charge in [-0.25, -0.2) is 9.59 Å². The average molecular weight is 317 g/mol. The van der Waals surface area contributed by atoms with Crippen LogP contribution in [-0.4, -0.2) is 23.2 Å². The molecule has 2 saturated carbocycles. The molecule has 3 atom stereocenters. The summed E-state index contributed by atoms with van der Waals surface area (Å²) in [5, 5.41) is 11.7. The molecule has 2 fully saturated rings. The third-order valence-corrected chi connectivity index (χ3v) is 4.83. The van der Waals surface area contributed by atoms with Crippen LogP contribution in [0.25, 0.3) is 0 Å². The van der Waals surface area contributed by atoms with Gasteiger partial charge in [0.1, 0.15) is 12.6 Å². The van der Waals surface area contributed by atoms with E-state index in [1.807, 2.05) is 30.3 Å². The molecule has 2 aliphatic carbocycles. The van der Waals surface area contributed by atoms with Crippen molar-refractivity contribution in [2.45, 2.75) is 44.8 Å². The Morgan fingerprint density at radius 3 is 2.65 bits per heavy atom. The second kappa shape index (κ2) is 7.02. The topological polar surface area (TPSA) is 75.6 Å². The fourth-order valence-electron chi connectivity index (χ4n) is 3.25. The highest BCUT2D eigenvalue weighted by Gasteiger charge is 2.47. The number of carbonyl (C=O) groups is 2. The standard InChI is InChI=1S/C18H23NO4/c20-17(21)16(9-8-14-10-15(14)13-6-7-13)19-18(22)23-11-12-4-2-1-3-5-12/h1-5,13-16H,6-11H2,(H,19,22)(H,20,21)/t14-,15+,16?/m1/s1. The third-order valence-electron chi connectivity index (χ3n) is 4.83. The van der Waals surface area contributed by atoms with Crippen LogP contribution in [0.5, 0.6) is 0 Å². The van der Waals surface area contributed by atoms with Gasteiger partial charge in [0.2, 0.25) is 0 Å². The van der Waals surface area contributed by atoms with E-state index in [4.69, 9.17) is 4.74 Å². The molecule has 0 bridgehead atoms. The van der Waals surface area contributed by atoms with E-state index in [1.54, 1.807) is 0 Å². The van der Waals surface area contributed by atoms with Crippen molar-refractivity contribution in [3.05, 3.63) is 35.9 Å². The lowest BCUT2D eigenvalue weighted by Crippen LogP contribution is -2.41. The number of benzene rings is 1. The van der Waals surface area contributed by atoms with Gasteiger partial charge in [-0.15, -0.1) is 0 Å². The number of carbonyl (C=O) groups excluding carboxylic acids is 1. The fraction of sp³-hybridized carbons (Fsp3) is 0.556. The Labute approximate surface area is 136 Å². The van der Waals surface area contributed by atoms with Crippen LogP contribution in [-0.2, 0) is 16.1 Å². The number of rotatable bonds is 8. The van der Waals surface area contributed by atoms with Gasteiger partial charge in [0.05, 0.1) is 0 Å². The van der Waals surface area contributed by atoms with Gasteiger partial charge in [-0.1, -0.05) is 30.3 Å². The molecular weight excluding hydrogens is 294 g/mol. The summed E-state index contributed by atoms with van der Waals surface area (Å²) >= 11 is 0. The average Bonchev–Trinajstić information content (AvgIpc) is 3.43. The molecule has 2 N–H and O–H groups in total. The number of alkyl carbamates (subject to hydrolysis) is 1. The number of carboxylic acid groups (broad SMARTS) is 1. The maximum Gasteiger partial charge on any atom is 0.408 e. The van der Waals surface area contributed by atoms with Gasteiger partial charge >= 0.3 is 12.1 Å². The predicted octanol–water partition coefficient (Wildman–Crippen LogP) is 3.19. The summed E-state index contributed by atoms with van der Waals surface area (Å²) < 4.78 is 5.09. The van der Waals surface area contributed by atoms with E-state index in [0.717, 1.165) is 23.8 Å². The molecule has 0 heterocycles. The van der Waals surface area contributed by atoms with Crippen LogP contribution in [0.15, 0.2) is 30.3 Å². The Bertz CT molecular complexity index is 555. The van der Waals surface area contributed by atoms with Crippen molar-refractivity contribution in [2.75, 3.05) is 0 Å². The van der Waals surface area contributed by atoms with Crippen molar-refractivity contribution in [3.63, 3.8) is 0 Å². The van der Waals surface area contributed by atoms with E-state index < -0.39 is 18.1 Å². The number of hydrogen-bond acceptors (Lipinski definition) is 3. The molecule has 0 aromatic heterocycles. The van der Waals surface area contributed by atoms with Crippen molar-refractivity contribution in [1.82, 2.24) is 5.32 Å². The molecule has 3 rings (SSSR count). The first-order chi connectivity index (χ1) is 11.1. The second-order valence-corrected chi connectivity index (χ2v) is 6.67. The minimum atomic E-state index is -0.995. The molecular formula is C18H23NO4. The van der Waals surface area contributed by atoms with Crippen LogP contribution < -0.4 is 5.32 Å². The first-order valence-electron chi connectivity index (χ1n) is 8.33. The largest absolute Gasteiger partial charge is 0.480 e. The number of aliphatic carboxylic acids is 1. The molecule has 5 heteroatoms. The lowest BCUT2D eigenvalue weighted by Gasteiger charge is -2.14. The number of carboxylic acids is 1. The summed E-state index contributed by atoms with van der Waals surface area (Å²) in [5.74, 6) is 1.37. The van der Waals surface area contributed by atoms with E-state index in [0.29, 0.717) is 12.3 Å². The molecule has 1 unspecified atom stereocenters. The van der Waals surface area contributed by atoms with Crippen molar-refractivity contribution < 1.29 is 19.4 Å². The van der Waals surface area contributed by atoms with E-state index in [9.17, 15) is 14.7 Å². The van der Waals surface area contributed by atoms with Crippen LogP contribution in [0.1, 0.15) is 37.7 Å². The van der Waals surface area contributed by atoms with Crippen LogP contribution in [0.4, 0.5) is 4.79 Å². The quantitative estimate of drug-likeness (QED) is 0.772. The van der Waals surface area contributed by atoms with Crippen molar-refractivity contribution >= 4 is 12.1 Å². The van der Waals surface area contributed by atoms with Gasteiger partial charge < -0.3 is 15.2 Å². The summed E-state index contributed by atoms with van der Waals surface area (Å²) in [5.41, 5.74) is 0.875. The summed E-state index contributed by atoms with van der Waals surface area (Å²) in [6.07, 6.45) is 4.59. The maximum absolute atomic E-state index is 11.8. The normalized spacial score (nSPS) is 23.8. The Morgan fingerprint density at radius 2 is 2.00 bits per heavy atom. The number of nitrogens with one attached hydrogen (secondary N) is 1.